The first-order chi connectivity index (χ1) is 9.06. The molecule has 7 heteroatoms. The van der Waals surface area contributed by atoms with Crippen LogP contribution >= 0.6 is 0 Å². The molecule has 2 N–H and O–H groups in total. The fraction of sp³-hybridized carbons (Fsp3) is 0.417. The number of aliphatic hydroxyl groups is 1. The Kier molecular flexibility index (Phi) is 2.63. The van der Waals surface area contributed by atoms with Crippen molar-refractivity contribution in [2.24, 2.45) is 0 Å². The Labute approximate surface area is 109 Å². The van der Waals surface area contributed by atoms with E-state index in [9.17, 15) is 9.90 Å². The molecule has 1 unspecified atom stereocenters. The Morgan fingerprint density at radius 3 is 2.95 bits per heavy atom. The van der Waals surface area contributed by atoms with Crippen LogP contribution in [0.5, 0.6) is 0 Å². The maximum absolute atomic E-state index is 11.1. The van der Waals surface area contributed by atoms with Crippen LogP contribution in [-0.2, 0) is 0 Å². The van der Waals surface area contributed by atoms with Crippen molar-refractivity contribution in [3.63, 3.8) is 0 Å². The molecule has 0 aliphatic carbocycles. The third-order valence-corrected chi connectivity index (χ3v) is 3.43. The maximum Gasteiger partial charge on any atom is 0.341 e. The second kappa shape index (κ2) is 4.20. The van der Waals surface area contributed by atoms with Crippen LogP contribution in [0.1, 0.15) is 23.7 Å². The van der Waals surface area contributed by atoms with Gasteiger partial charge in [-0.2, -0.15) is 5.10 Å². The van der Waals surface area contributed by atoms with Crippen LogP contribution in [-0.4, -0.2) is 49.5 Å². The van der Waals surface area contributed by atoms with Gasteiger partial charge in [0.1, 0.15) is 11.4 Å². The summed E-state index contributed by atoms with van der Waals surface area (Å²) in [6, 6.07) is 1.96. The fourth-order valence-corrected chi connectivity index (χ4v) is 2.49. The summed E-state index contributed by atoms with van der Waals surface area (Å²) in [4.78, 5) is 17.4. The molecule has 1 aliphatic heterocycles. The van der Waals surface area contributed by atoms with Crippen molar-refractivity contribution >= 4 is 17.4 Å². The molecule has 19 heavy (non-hydrogen) atoms. The second-order valence-electron chi connectivity index (χ2n) is 4.81. The minimum atomic E-state index is -1.05. The number of aromatic nitrogens is 3. The van der Waals surface area contributed by atoms with Gasteiger partial charge >= 0.3 is 5.97 Å². The van der Waals surface area contributed by atoms with Gasteiger partial charge in [-0.25, -0.2) is 14.3 Å². The maximum atomic E-state index is 11.1. The third kappa shape index (κ3) is 1.91. The van der Waals surface area contributed by atoms with Crippen molar-refractivity contribution in [2.45, 2.75) is 25.5 Å². The van der Waals surface area contributed by atoms with E-state index in [0.717, 1.165) is 0 Å². The van der Waals surface area contributed by atoms with Crippen LogP contribution < -0.4 is 4.90 Å². The summed E-state index contributed by atoms with van der Waals surface area (Å²) >= 11 is 0. The van der Waals surface area contributed by atoms with E-state index < -0.39 is 5.97 Å². The van der Waals surface area contributed by atoms with Crippen LogP contribution in [0.25, 0.3) is 5.65 Å². The normalized spacial score (nSPS) is 23.2. The van der Waals surface area contributed by atoms with Gasteiger partial charge in [0.15, 0.2) is 5.65 Å². The Bertz CT molecular complexity index is 639. The smallest absolute Gasteiger partial charge is 0.341 e. The summed E-state index contributed by atoms with van der Waals surface area (Å²) in [6.07, 6.45) is 3.30. The number of aromatic carboxylic acids is 1. The molecule has 0 bridgehead atoms. The number of carboxylic acids is 1. The molecular formula is C12H14N4O3. The molecule has 0 aromatic carbocycles. The number of rotatable bonds is 2. The van der Waals surface area contributed by atoms with Crippen molar-refractivity contribution in [2.75, 3.05) is 11.4 Å². The van der Waals surface area contributed by atoms with E-state index in [1.807, 2.05) is 11.8 Å². The summed E-state index contributed by atoms with van der Waals surface area (Å²) in [6.45, 7) is 2.53. The Morgan fingerprint density at radius 2 is 2.32 bits per heavy atom. The van der Waals surface area contributed by atoms with E-state index in [1.54, 1.807) is 12.3 Å². The molecule has 1 fully saturated rings. The zero-order chi connectivity index (χ0) is 13.6. The van der Waals surface area contributed by atoms with E-state index in [1.165, 1.54) is 10.7 Å². The average molecular weight is 262 g/mol. The molecule has 1 aliphatic rings. The van der Waals surface area contributed by atoms with Crippen molar-refractivity contribution in [3.8, 4) is 0 Å². The lowest BCUT2D eigenvalue weighted by Crippen LogP contribution is -2.28. The lowest BCUT2D eigenvalue weighted by atomic mass is 10.2. The van der Waals surface area contributed by atoms with Crippen molar-refractivity contribution < 1.29 is 15.0 Å². The summed E-state index contributed by atoms with van der Waals surface area (Å²) in [5, 5.41) is 22.7. The first-order valence-electron chi connectivity index (χ1n) is 6.08. The highest BCUT2D eigenvalue weighted by atomic mass is 16.4. The van der Waals surface area contributed by atoms with E-state index in [4.69, 9.17) is 5.11 Å². The lowest BCUT2D eigenvalue weighted by Gasteiger charge is -2.22. The molecule has 2 atom stereocenters. The van der Waals surface area contributed by atoms with Gasteiger partial charge < -0.3 is 15.1 Å². The SMILES string of the molecule is CC1C[C@@H](O)CN1c1ccn2ncc(C(=O)O)c2n1. The van der Waals surface area contributed by atoms with E-state index in [-0.39, 0.29) is 17.7 Å². The summed E-state index contributed by atoms with van der Waals surface area (Å²) in [5.74, 6) is -0.381. The quantitative estimate of drug-likeness (QED) is 0.813. The second-order valence-corrected chi connectivity index (χ2v) is 4.81. The third-order valence-electron chi connectivity index (χ3n) is 3.43. The summed E-state index contributed by atoms with van der Waals surface area (Å²) in [5.41, 5.74) is 0.396. The van der Waals surface area contributed by atoms with E-state index in [0.29, 0.717) is 24.4 Å². The first-order valence-corrected chi connectivity index (χ1v) is 6.08. The summed E-state index contributed by atoms with van der Waals surface area (Å²) < 4.78 is 1.43. The van der Waals surface area contributed by atoms with Crippen molar-refractivity contribution in [1.29, 1.82) is 0 Å². The Hall–Kier alpha value is -2.15. The molecule has 0 amide bonds. The fourth-order valence-electron chi connectivity index (χ4n) is 2.49. The van der Waals surface area contributed by atoms with Gasteiger partial charge in [-0.1, -0.05) is 0 Å². The van der Waals surface area contributed by atoms with Crippen LogP contribution in [0.3, 0.4) is 0 Å². The highest BCUT2D eigenvalue weighted by molar-refractivity contribution is 5.94. The molecule has 1 saturated heterocycles. The molecule has 3 rings (SSSR count). The monoisotopic (exact) mass is 262 g/mol. The van der Waals surface area contributed by atoms with Gasteiger partial charge in [-0.3, -0.25) is 0 Å². The van der Waals surface area contributed by atoms with Gasteiger partial charge in [-0.15, -0.1) is 0 Å². The molecule has 2 aromatic rings. The van der Waals surface area contributed by atoms with Crippen molar-refractivity contribution in [3.05, 3.63) is 24.0 Å². The predicted octanol–water partition coefficient (Wildman–Crippen LogP) is 0.387. The van der Waals surface area contributed by atoms with Gasteiger partial charge in [0.25, 0.3) is 0 Å². The Morgan fingerprint density at radius 1 is 1.53 bits per heavy atom. The zero-order valence-corrected chi connectivity index (χ0v) is 10.4. The average Bonchev–Trinajstić information content (AvgIpc) is 2.91. The summed E-state index contributed by atoms with van der Waals surface area (Å²) in [7, 11) is 0. The number of carbonyl (C=O) groups is 1. The molecule has 0 spiro atoms. The minimum absolute atomic E-state index is 0.0780. The first kappa shape index (κ1) is 11.9. The molecule has 2 aromatic heterocycles. The predicted molar refractivity (Wildman–Crippen MR) is 67.4 cm³/mol. The van der Waals surface area contributed by atoms with Gasteiger partial charge in [0.05, 0.1) is 12.3 Å². The highest BCUT2D eigenvalue weighted by Gasteiger charge is 2.29. The number of fused-ring (bicyclic) bond motifs is 1. The van der Waals surface area contributed by atoms with Crippen molar-refractivity contribution in [1.82, 2.24) is 14.6 Å². The number of β-amino-alcohol motifs (C(OH)–C–C–N with tert-alkyl or cyclic N) is 1. The standard InChI is InChI=1S/C12H14N4O3/c1-7-4-8(17)6-15(7)10-2-3-16-11(14-10)9(5-13-16)12(18)19/h2-3,5,7-8,17H,4,6H2,1H3,(H,18,19)/t7?,8-/m1/s1. The number of aliphatic hydroxyl groups excluding tert-OH is 1. The molecular weight excluding hydrogens is 248 g/mol. The molecule has 3 heterocycles. The van der Waals surface area contributed by atoms with Crippen LogP contribution in [0.15, 0.2) is 18.5 Å². The minimum Gasteiger partial charge on any atom is -0.477 e. The van der Waals surface area contributed by atoms with Gasteiger partial charge in [0, 0.05) is 18.8 Å². The van der Waals surface area contributed by atoms with Crippen LogP contribution in [0.4, 0.5) is 5.82 Å². The molecule has 100 valence electrons. The number of carboxylic acid groups (broad SMARTS) is 1. The largest absolute Gasteiger partial charge is 0.477 e. The van der Waals surface area contributed by atoms with E-state index in [2.05, 4.69) is 10.1 Å². The van der Waals surface area contributed by atoms with Crippen LogP contribution in [0.2, 0.25) is 0 Å². The molecule has 0 radical (unpaired) electrons. The van der Waals surface area contributed by atoms with Gasteiger partial charge in [-0.05, 0) is 19.4 Å². The van der Waals surface area contributed by atoms with E-state index >= 15 is 0 Å². The molecule has 0 saturated carbocycles. The number of hydrogen-bond acceptors (Lipinski definition) is 5. The van der Waals surface area contributed by atoms with Crippen LogP contribution in [0, 0.1) is 0 Å². The molecule has 7 nitrogen and oxygen atoms in total. The highest BCUT2D eigenvalue weighted by Crippen LogP contribution is 2.24. The number of hydrogen-bond donors (Lipinski definition) is 2. The Balaban J connectivity index is 2.05. The number of anilines is 1. The zero-order valence-electron chi connectivity index (χ0n) is 10.4. The van der Waals surface area contributed by atoms with Gasteiger partial charge in [0.2, 0.25) is 0 Å². The lowest BCUT2D eigenvalue weighted by molar-refractivity contribution is 0.0698. The topological polar surface area (TPSA) is 91.0 Å². The number of nitrogens with zero attached hydrogens (tertiary/aromatic N) is 4.